The van der Waals surface area contributed by atoms with Gasteiger partial charge in [0, 0.05) is 13.1 Å². The lowest BCUT2D eigenvalue weighted by molar-refractivity contribution is 0.387. The van der Waals surface area contributed by atoms with Crippen LogP contribution in [0.4, 0.5) is 0 Å². The lowest BCUT2D eigenvalue weighted by Gasteiger charge is -2.25. The fourth-order valence-corrected chi connectivity index (χ4v) is 1.16. The van der Waals surface area contributed by atoms with Crippen molar-refractivity contribution in [3.8, 4) is 0 Å². The highest BCUT2D eigenvalue weighted by molar-refractivity contribution is 6.31. The van der Waals surface area contributed by atoms with Crippen LogP contribution in [0.2, 0.25) is 0 Å². The van der Waals surface area contributed by atoms with E-state index in [1.165, 1.54) is 6.54 Å². The second kappa shape index (κ2) is 4.37. The van der Waals surface area contributed by atoms with Gasteiger partial charge in [0.15, 0.2) is 0 Å². The number of rotatable bonds is 2. The topological polar surface area (TPSA) is 47.9 Å². The van der Waals surface area contributed by atoms with Gasteiger partial charge in [-0.1, -0.05) is 11.6 Å². The Bertz CT molecular complexity index is 246. The molecule has 0 fully saturated rings. The molecule has 73 valence electrons. The molecule has 1 heterocycles. The third kappa shape index (κ3) is 2.28. The zero-order chi connectivity index (χ0) is 9.84. The molecule has 0 amide bonds. The van der Waals surface area contributed by atoms with Crippen molar-refractivity contribution in [3.63, 3.8) is 0 Å². The van der Waals surface area contributed by atoms with Gasteiger partial charge >= 0.3 is 0 Å². The molecule has 0 aromatic rings. The maximum atomic E-state index is 9.25. The van der Waals surface area contributed by atoms with E-state index in [4.69, 9.17) is 11.6 Å². The highest BCUT2D eigenvalue weighted by Gasteiger charge is 2.15. The number of aliphatic imine (C=N–C) groups is 1. The summed E-state index contributed by atoms with van der Waals surface area (Å²) >= 11 is 5.61. The van der Waals surface area contributed by atoms with Crippen molar-refractivity contribution < 1.29 is 5.11 Å². The molecule has 5 heteroatoms. The summed E-state index contributed by atoms with van der Waals surface area (Å²) < 4.78 is 0. The lowest BCUT2D eigenvalue weighted by Crippen LogP contribution is -2.41. The van der Waals surface area contributed by atoms with Crippen molar-refractivity contribution in [1.29, 1.82) is 0 Å². The number of nitrogens with zero attached hydrogens (tertiary/aromatic N) is 2. The van der Waals surface area contributed by atoms with Gasteiger partial charge in [0.05, 0.1) is 6.54 Å². The number of nitrogens with one attached hydrogen (secondary N) is 1. The van der Waals surface area contributed by atoms with Crippen LogP contribution in [0, 0.1) is 6.54 Å². The molecule has 0 unspecified atom stereocenters. The Morgan fingerprint density at radius 1 is 1.54 bits per heavy atom. The largest absolute Gasteiger partial charge is 0.492 e. The lowest BCUT2D eigenvalue weighted by atomic mass is 10.4. The number of guanidine groups is 1. The predicted molar refractivity (Wildman–Crippen MR) is 53.3 cm³/mol. The van der Waals surface area contributed by atoms with E-state index in [2.05, 4.69) is 10.3 Å². The SMILES string of the molecule is CCN(CC)C1=NC(O)=C(Cl)[CH]N1. The zero-order valence-electron chi connectivity index (χ0n) is 7.71. The average Bonchev–Trinajstić information content (AvgIpc) is 2.13. The van der Waals surface area contributed by atoms with E-state index in [1.807, 2.05) is 18.7 Å². The smallest absolute Gasteiger partial charge is 0.231 e. The number of halogens is 1. The zero-order valence-corrected chi connectivity index (χ0v) is 8.47. The van der Waals surface area contributed by atoms with Gasteiger partial charge < -0.3 is 15.3 Å². The molecule has 0 atom stereocenters. The van der Waals surface area contributed by atoms with Crippen LogP contribution in [0.1, 0.15) is 13.8 Å². The van der Waals surface area contributed by atoms with E-state index in [1.54, 1.807) is 0 Å². The van der Waals surface area contributed by atoms with Gasteiger partial charge in [0.2, 0.25) is 11.8 Å². The molecular formula is C8H13ClN3O. The molecule has 1 rings (SSSR count). The third-order valence-electron chi connectivity index (χ3n) is 1.82. The molecule has 4 nitrogen and oxygen atoms in total. The minimum atomic E-state index is -0.137. The Kier molecular flexibility index (Phi) is 3.42. The minimum Gasteiger partial charge on any atom is -0.492 e. The first-order valence-electron chi connectivity index (χ1n) is 4.21. The van der Waals surface area contributed by atoms with Crippen molar-refractivity contribution >= 4 is 17.6 Å². The molecule has 1 radical (unpaired) electrons. The first kappa shape index (κ1) is 10.2. The Labute approximate surface area is 82.9 Å². The molecule has 0 saturated carbocycles. The monoisotopic (exact) mass is 202 g/mol. The van der Waals surface area contributed by atoms with Gasteiger partial charge in [-0.2, -0.15) is 4.99 Å². The van der Waals surface area contributed by atoms with Crippen molar-refractivity contribution in [2.45, 2.75) is 13.8 Å². The fourth-order valence-electron chi connectivity index (χ4n) is 1.06. The predicted octanol–water partition coefficient (Wildman–Crippen LogP) is 1.42. The van der Waals surface area contributed by atoms with E-state index in [0.717, 1.165) is 13.1 Å². The Morgan fingerprint density at radius 2 is 2.15 bits per heavy atom. The molecule has 2 N–H and O–H groups in total. The number of aliphatic hydroxyl groups is 1. The normalized spacial score (nSPS) is 16.7. The van der Waals surface area contributed by atoms with E-state index in [-0.39, 0.29) is 10.9 Å². The fraction of sp³-hybridized carbons (Fsp3) is 0.500. The summed E-state index contributed by atoms with van der Waals surface area (Å²) in [5, 5.41) is 12.4. The molecule has 1 aliphatic rings. The van der Waals surface area contributed by atoms with Gasteiger partial charge in [-0.15, -0.1) is 0 Å². The van der Waals surface area contributed by atoms with Gasteiger partial charge in [-0.25, -0.2) is 0 Å². The molecule has 0 saturated heterocycles. The van der Waals surface area contributed by atoms with Gasteiger partial charge in [-0.3, -0.25) is 0 Å². The first-order valence-corrected chi connectivity index (χ1v) is 4.59. The highest BCUT2D eigenvalue weighted by Crippen LogP contribution is 2.14. The van der Waals surface area contributed by atoms with Crippen molar-refractivity contribution in [3.05, 3.63) is 17.5 Å². The summed E-state index contributed by atoms with van der Waals surface area (Å²) in [7, 11) is 0. The summed E-state index contributed by atoms with van der Waals surface area (Å²) in [6.07, 6.45) is 0. The summed E-state index contributed by atoms with van der Waals surface area (Å²) in [5.74, 6) is 0.495. The Hall–Kier alpha value is -0.900. The van der Waals surface area contributed by atoms with Crippen LogP contribution in [0.3, 0.4) is 0 Å². The average molecular weight is 203 g/mol. The Balaban J connectivity index is 2.77. The van der Waals surface area contributed by atoms with Crippen LogP contribution in [0.25, 0.3) is 0 Å². The van der Waals surface area contributed by atoms with Crippen molar-refractivity contribution in [1.82, 2.24) is 10.2 Å². The standard InChI is InChI=1S/C8H13ClN3O/c1-3-12(4-2)8-10-5-6(9)7(13)11-8/h5,13H,3-4H2,1-2H3,(H,10,11). The molecule has 0 bridgehead atoms. The second-order valence-electron chi connectivity index (χ2n) is 2.57. The summed E-state index contributed by atoms with van der Waals surface area (Å²) in [5.41, 5.74) is 0. The maximum Gasteiger partial charge on any atom is 0.231 e. The quantitative estimate of drug-likeness (QED) is 0.712. The van der Waals surface area contributed by atoms with Gasteiger partial charge in [0.25, 0.3) is 0 Å². The molecule has 0 spiro atoms. The highest BCUT2D eigenvalue weighted by atomic mass is 35.5. The minimum absolute atomic E-state index is 0.137. The van der Waals surface area contributed by atoms with E-state index >= 15 is 0 Å². The number of aliphatic hydroxyl groups excluding tert-OH is 1. The van der Waals surface area contributed by atoms with Crippen LogP contribution in [0.5, 0.6) is 0 Å². The van der Waals surface area contributed by atoms with Crippen LogP contribution >= 0.6 is 11.6 Å². The first-order chi connectivity index (χ1) is 6.19. The molecule has 0 aromatic heterocycles. The van der Waals surface area contributed by atoms with Crippen LogP contribution in [-0.2, 0) is 0 Å². The summed E-state index contributed by atoms with van der Waals surface area (Å²) in [4.78, 5) is 5.89. The van der Waals surface area contributed by atoms with Crippen LogP contribution in [-0.4, -0.2) is 29.1 Å². The molecule has 0 aliphatic carbocycles. The molecule has 13 heavy (non-hydrogen) atoms. The third-order valence-corrected chi connectivity index (χ3v) is 2.09. The van der Waals surface area contributed by atoms with Crippen molar-refractivity contribution in [2.24, 2.45) is 4.99 Å². The van der Waals surface area contributed by atoms with E-state index in [9.17, 15) is 5.11 Å². The van der Waals surface area contributed by atoms with Crippen LogP contribution in [0.15, 0.2) is 15.9 Å². The number of hydrogen-bond donors (Lipinski definition) is 2. The van der Waals surface area contributed by atoms with Crippen molar-refractivity contribution in [2.75, 3.05) is 13.1 Å². The molecule has 1 aliphatic heterocycles. The summed E-state index contributed by atoms with van der Waals surface area (Å²) in [6.45, 7) is 7.23. The van der Waals surface area contributed by atoms with Crippen LogP contribution < -0.4 is 5.32 Å². The van der Waals surface area contributed by atoms with E-state index < -0.39 is 0 Å². The summed E-state index contributed by atoms with van der Waals surface area (Å²) in [6, 6.07) is 0. The second-order valence-corrected chi connectivity index (χ2v) is 2.98. The van der Waals surface area contributed by atoms with Gasteiger partial charge in [0.1, 0.15) is 5.03 Å². The van der Waals surface area contributed by atoms with E-state index in [0.29, 0.717) is 5.96 Å². The van der Waals surface area contributed by atoms with Gasteiger partial charge in [-0.05, 0) is 13.8 Å². The maximum absolute atomic E-state index is 9.25. The number of hydrogen-bond acceptors (Lipinski definition) is 4. The molecular weight excluding hydrogens is 190 g/mol. The Morgan fingerprint density at radius 3 is 2.62 bits per heavy atom. The molecule has 0 aromatic carbocycles.